The molecule has 0 bridgehead atoms. The highest BCUT2D eigenvalue weighted by atomic mass is 31.1. The predicted molar refractivity (Wildman–Crippen MR) is 92.3 cm³/mol. The Hall–Kier alpha value is -3.04. The van der Waals surface area contributed by atoms with Crippen molar-refractivity contribution in [1.82, 2.24) is 9.97 Å². The van der Waals surface area contributed by atoms with Crippen LogP contribution in [0, 0.1) is 0 Å². The Morgan fingerprint density at radius 1 is 0.667 bits per heavy atom. The van der Waals surface area contributed by atoms with Crippen LogP contribution in [0.5, 0.6) is 11.8 Å². The molecule has 0 radical (unpaired) electrons. The molecule has 0 aliphatic heterocycles. The van der Waals surface area contributed by atoms with Crippen LogP contribution in [0.1, 0.15) is 0 Å². The van der Waals surface area contributed by atoms with Crippen molar-refractivity contribution in [2.24, 2.45) is 0 Å². The van der Waals surface area contributed by atoms with Crippen LogP contribution in [0.15, 0.2) is 73.1 Å². The molecule has 6 heteroatoms. The normalized spacial score (nSPS) is 10.7. The van der Waals surface area contributed by atoms with E-state index < -0.39 is 8.25 Å². The average molecular weight is 335 g/mol. The zero-order valence-corrected chi connectivity index (χ0v) is 13.4. The van der Waals surface area contributed by atoms with E-state index >= 15 is 0 Å². The van der Waals surface area contributed by atoms with Crippen molar-refractivity contribution >= 4 is 29.8 Å². The number of benzene rings is 2. The van der Waals surface area contributed by atoms with E-state index in [1.54, 1.807) is 12.4 Å². The van der Waals surface area contributed by atoms with Crippen LogP contribution in [0.3, 0.4) is 0 Å². The molecule has 0 spiro atoms. The second-order valence-electron chi connectivity index (χ2n) is 5.08. The van der Waals surface area contributed by atoms with Crippen LogP contribution in [0.4, 0.5) is 0 Å². The molecule has 2 aromatic carbocycles. The maximum atomic E-state index is 12.3. The van der Waals surface area contributed by atoms with E-state index in [4.69, 9.17) is 9.05 Å². The van der Waals surface area contributed by atoms with Gasteiger partial charge in [-0.3, -0.25) is 0 Å². The third-order valence-electron chi connectivity index (χ3n) is 3.60. The van der Waals surface area contributed by atoms with E-state index in [2.05, 4.69) is 9.97 Å². The van der Waals surface area contributed by atoms with Gasteiger partial charge in [0.25, 0.3) is 11.8 Å². The summed E-state index contributed by atoms with van der Waals surface area (Å²) in [5, 5.41) is 3.46. The van der Waals surface area contributed by atoms with Crippen LogP contribution >= 0.6 is 8.25 Å². The lowest BCUT2D eigenvalue weighted by Crippen LogP contribution is -1.94. The predicted octanol–water partition coefficient (Wildman–Crippen LogP) is 4.90. The molecule has 0 amide bonds. The lowest BCUT2D eigenvalue weighted by atomic mass is 10.2. The Labute approximate surface area is 138 Å². The van der Waals surface area contributed by atoms with Gasteiger partial charge in [-0.2, -0.15) is 0 Å². The number of fused-ring (bicyclic) bond motifs is 2. The third-order valence-corrected chi connectivity index (χ3v) is 4.24. The summed E-state index contributed by atoms with van der Waals surface area (Å²) in [5.41, 5.74) is 0. The van der Waals surface area contributed by atoms with Crippen molar-refractivity contribution in [3.8, 4) is 11.8 Å². The van der Waals surface area contributed by atoms with Gasteiger partial charge in [-0.15, -0.1) is 0 Å². The molecule has 0 fully saturated rings. The van der Waals surface area contributed by atoms with Gasteiger partial charge in [-0.05, 0) is 35.0 Å². The van der Waals surface area contributed by atoms with Crippen LogP contribution < -0.4 is 9.05 Å². The molecule has 0 aliphatic rings. The van der Waals surface area contributed by atoms with E-state index in [9.17, 15) is 4.57 Å². The number of nitrogens with zero attached hydrogens (tertiary/aromatic N) is 2. The zero-order valence-electron chi connectivity index (χ0n) is 12.5. The van der Waals surface area contributed by atoms with Gasteiger partial charge in [-0.1, -0.05) is 36.4 Å². The molecular weight excluding hydrogens is 323 g/mol. The molecule has 4 rings (SSSR count). The van der Waals surface area contributed by atoms with Gasteiger partial charge >= 0.3 is 8.25 Å². The molecule has 2 aromatic heterocycles. The fraction of sp³-hybridized carbons (Fsp3) is 0. The fourth-order valence-electron chi connectivity index (χ4n) is 2.49. The Kier molecular flexibility index (Phi) is 3.77. The number of hydrogen-bond donors (Lipinski definition) is 0. The number of rotatable bonds is 4. The minimum absolute atomic E-state index is 0.273. The SMILES string of the molecule is O=[P+](Oc1nccc2ccccc12)Oc1nccc2ccccc12. The first kappa shape index (κ1) is 14.5. The highest BCUT2D eigenvalue weighted by molar-refractivity contribution is 7.34. The van der Waals surface area contributed by atoms with Gasteiger partial charge in [0.05, 0.1) is 0 Å². The largest absolute Gasteiger partial charge is 0.808 e. The minimum Gasteiger partial charge on any atom is -0.217 e. The Balaban J connectivity index is 1.62. The van der Waals surface area contributed by atoms with Crippen molar-refractivity contribution in [1.29, 1.82) is 0 Å². The molecule has 0 saturated carbocycles. The maximum absolute atomic E-state index is 12.3. The summed E-state index contributed by atoms with van der Waals surface area (Å²) in [6, 6.07) is 18.9. The molecular formula is C18H12N2O3P+. The summed E-state index contributed by atoms with van der Waals surface area (Å²) < 4.78 is 23.1. The maximum Gasteiger partial charge on any atom is 0.808 e. The minimum atomic E-state index is -2.45. The van der Waals surface area contributed by atoms with Gasteiger partial charge in [-0.25, -0.2) is 19.0 Å². The van der Waals surface area contributed by atoms with Crippen LogP contribution in [0.25, 0.3) is 21.5 Å². The van der Waals surface area contributed by atoms with Crippen molar-refractivity contribution in [2.75, 3.05) is 0 Å². The summed E-state index contributed by atoms with van der Waals surface area (Å²) in [4.78, 5) is 8.29. The molecule has 0 aliphatic carbocycles. The van der Waals surface area contributed by atoms with E-state index in [1.165, 1.54) is 0 Å². The van der Waals surface area contributed by atoms with Gasteiger partial charge in [0.15, 0.2) is 0 Å². The number of hydrogen-bond acceptors (Lipinski definition) is 5. The smallest absolute Gasteiger partial charge is 0.217 e. The molecule has 116 valence electrons. The van der Waals surface area contributed by atoms with Crippen LogP contribution in [-0.4, -0.2) is 9.97 Å². The van der Waals surface area contributed by atoms with Gasteiger partial charge in [0.1, 0.15) is 0 Å². The summed E-state index contributed by atoms with van der Waals surface area (Å²) in [6.45, 7) is 0. The van der Waals surface area contributed by atoms with E-state index in [0.717, 1.165) is 21.5 Å². The molecule has 0 atom stereocenters. The standard InChI is InChI=1S/C18H12N2O3P/c21-24(22-17-15-7-3-1-5-13(15)9-11-19-17)23-18-16-8-4-2-6-14(16)10-12-20-18/h1-12H/q+1. The highest BCUT2D eigenvalue weighted by Gasteiger charge is 2.28. The van der Waals surface area contributed by atoms with Crippen LogP contribution in [-0.2, 0) is 4.57 Å². The van der Waals surface area contributed by atoms with Gasteiger partial charge in [0.2, 0.25) is 0 Å². The fourth-order valence-corrected chi connectivity index (χ4v) is 3.10. The van der Waals surface area contributed by atoms with Crippen molar-refractivity contribution < 1.29 is 13.6 Å². The molecule has 0 N–H and O–H groups in total. The Morgan fingerprint density at radius 2 is 1.12 bits per heavy atom. The number of aromatic nitrogens is 2. The molecule has 2 heterocycles. The average Bonchev–Trinajstić information content (AvgIpc) is 2.62. The summed E-state index contributed by atoms with van der Waals surface area (Å²) in [7, 11) is -2.45. The lowest BCUT2D eigenvalue weighted by Gasteiger charge is -2.00. The molecule has 4 aromatic rings. The molecule has 5 nitrogen and oxygen atoms in total. The zero-order chi connectivity index (χ0) is 16.4. The van der Waals surface area contributed by atoms with E-state index in [1.807, 2.05) is 60.7 Å². The van der Waals surface area contributed by atoms with Crippen molar-refractivity contribution in [2.45, 2.75) is 0 Å². The first-order valence-corrected chi connectivity index (χ1v) is 8.41. The van der Waals surface area contributed by atoms with Crippen LogP contribution in [0.2, 0.25) is 0 Å². The lowest BCUT2D eigenvalue weighted by molar-refractivity contribution is 0.407. The second-order valence-corrected chi connectivity index (χ2v) is 5.89. The Morgan fingerprint density at radius 3 is 1.62 bits per heavy atom. The Bertz CT molecular complexity index is 958. The molecule has 0 saturated heterocycles. The summed E-state index contributed by atoms with van der Waals surface area (Å²) in [6.07, 6.45) is 3.22. The monoisotopic (exact) mass is 335 g/mol. The number of pyridine rings is 2. The quantitative estimate of drug-likeness (QED) is 0.497. The highest BCUT2D eigenvalue weighted by Crippen LogP contribution is 2.35. The molecule has 24 heavy (non-hydrogen) atoms. The topological polar surface area (TPSA) is 61.3 Å². The van der Waals surface area contributed by atoms with E-state index in [0.29, 0.717) is 0 Å². The first-order chi connectivity index (χ1) is 11.8. The first-order valence-electron chi connectivity index (χ1n) is 7.32. The van der Waals surface area contributed by atoms with Gasteiger partial charge in [0, 0.05) is 27.7 Å². The van der Waals surface area contributed by atoms with Crippen molar-refractivity contribution in [3.05, 3.63) is 73.1 Å². The summed E-state index contributed by atoms with van der Waals surface area (Å²) >= 11 is 0. The van der Waals surface area contributed by atoms with E-state index in [-0.39, 0.29) is 11.8 Å². The third kappa shape index (κ3) is 2.77. The van der Waals surface area contributed by atoms with Crippen molar-refractivity contribution in [3.63, 3.8) is 0 Å². The molecule has 0 unspecified atom stereocenters. The summed E-state index contributed by atoms with van der Waals surface area (Å²) in [5.74, 6) is 0.545. The van der Waals surface area contributed by atoms with Gasteiger partial charge < -0.3 is 0 Å². The second kappa shape index (κ2) is 6.22.